The number of sulfonamides is 1. The number of carbonyl (C=O) groups excluding carboxylic acids is 2. The maximum atomic E-state index is 14.7. The molecular formula is C38H45N3O5S. The van der Waals surface area contributed by atoms with E-state index < -0.39 is 28.5 Å². The van der Waals surface area contributed by atoms with Gasteiger partial charge in [-0.05, 0) is 73.7 Å². The van der Waals surface area contributed by atoms with Crippen LogP contribution in [0.15, 0.2) is 102 Å². The highest BCUT2D eigenvalue weighted by atomic mass is 32.2. The van der Waals surface area contributed by atoms with Crippen LogP contribution in [0.3, 0.4) is 0 Å². The molecule has 9 heteroatoms. The fourth-order valence-electron chi connectivity index (χ4n) is 5.38. The Morgan fingerprint density at radius 1 is 0.851 bits per heavy atom. The van der Waals surface area contributed by atoms with Gasteiger partial charge in [0.15, 0.2) is 0 Å². The Balaban J connectivity index is 1.85. The van der Waals surface area contributed by atoms with Crippen LogP contribution < -0.4 is 14.4 Å². The van der Waals surface area contributed by atoms with E-state index in [-0.39, 0.29) is 29.5 Å². The number of hydrogen-bond acceptors (Lipinski definition) is 5. The smallest absolute Gasteiger partial charge is 0.264 e. The molecule has 0 unspecified atom stereocenters. The van der Waals surface area contributed by atoms with Gasteiger partial charge in [0.05, 0.1) is 17.7 Å². The first-order chi connectivity index (χ1) is 22.5. The molecule has 1 N–H and O–H groups in total. The van der Waals surface area contributed by atoms with Crippen molar-refractivity contribution in [1.82, 2.24) is 10.2 Å². The number of nitrogens with zero attached hydrogens (tertiary/aromatic N) is 2. The van der Waals surface area contributed by atoms with E-state index in [1.54, 1.807) is 24.3 Å². The van der Waals surface area contributed by atoms with Gasteiger partial charge < -0.3 is 15.0 Å². The number of aryl methyl sites for hydroxylation is 3. The molecule has 0 fully saturated rings. The number of anilines is 1. The minimum atomic E-state index is -4.25. The first-order valence-corrected chi connectivity index (χ1v) is 17.4. The molecule has 0 spiro atoms. The fraction of sp³-hybridized carbons (Fsp3) is 0.316. The van der Waals surface area contributed by atoms with Crippen LogP contribution in [0, 0.1) is 20.8 Å². The van der Waals surface area contributed by atoms with E-state index >= 15 is 0 Å². The van der Waals surface area contributed by atoms with Crippen molar-refractivity contribution in [2.75, 3.05) is 24.5 Å². The summed E-state index contributed by atoms with van der Waals surface area (Å²) in [5.41, 5.74) is 4.65. The van der Waals surface area contributed by atoms with Crippen molar-refractivity contribution in [2.24, 2.45) is 0 Å². The second kappa shape index (κ2) is 16.3. The van der Waals surface area contributed by atoms with Gasteiger partial charge in [0.25, 0.3) is 10.0 Å². The minimum Gasteiger partial charge on any atom is -0.495 e. The van der Waals surface area contributed by atoms with E-state index in [1.807, 2.05) is 88.4 Å². The molecule has 0 radical (unpaired) electrons. The van der Waals surface area contributed by atoms with Gasteiger partial charge in [0, 0.05) is 19.5 Å². The second-order valence-corrected chi connectivity index (χ2v) is 13.7. The molecule has 0 bridgehead atoms. The van der Waals surface area contributed by atoms with Gasteiger partial charge in [0.1, 0.15) is 18.3 Å². The van der Waals surface area contributed by atoms with Gasteiger partial charge in [-0.1, -0.05) is 91.7 Å². The van der Waals surface area contributed by atoms with Crippen LogP contribution in [0.2, 0.25) is 0 Å². The number of ether oxygens (including phenoxy) is 1. The van der Waals surface area contributed by atoms with Gasteiger partial charge in [-0.2, -0.15) is 0 Å². The first-order valence-electron chi connectivity index (χ1n) is 15.9. The van der Waals surface area contributed by atoms with Gasteiger partial charge in [-0.15, -0.1) is 0 Å². The number of carbonyl (C=O) groups is 2. The molecule has 0 saturated heterocycles. The van der Waals surface area contributed by atoms with E-state index in [0.29, 0.717) is 12.3 Å². The van der Waals surface area contributed by atoms with Crippen LogP contribution in [-0.4, -0.2) is 51.4 Å². The number of methoxy groups -OCH3 is 1. The zero-order valence-corrected chi connectivity index (χ0v) is 28.7. The minimum absolute atomic E-state index is 0.0445. The summed E-state index contributed by atoms with van der Waals surface area (Å²) in [5, 5.41) is 3.03. The van der Waals surface area contributed by atoms with Crippen LogP contribution in [0.1, 0.15) is 47.6 Å². The maximum absolute atomic E-state index is 14.7. The Hall–Kier alpha value is -4.63. The highest BCUT2D eigenvalue weighted by Gasteiger charge is 2.35. The largest absolute Gasteiger partial charge is 0.495 e. The molecule has 4 rings (SSSR count). The molecule has 0 aliphatic carbocycles. The Labute approximate surface area is 279 Å². The SMILES string of the molecule is CCCCNC(=O)[C@H](Cc1ccccc1)N(Cc1ccccc1C)C(=O)CN(c1cc(C)ccc1OC)S(=O)(=O)c1ccc(C)cc1. The normalized spacial score (nSPS) is 11.9. The summed E-state index contributed by atoms with van der Waals surface area (Å²) in [6.45, 7) is 7.78. The molecule has 1 atom stereocenters. The van der Waals surface area contributed by atoms with Crippen LogP contribution in [0.5, 0.6) is 5.75 Å². The Morgan fingerprint density at radius 3 is 2.17 bits per heavy atom. The zero-order chi connectivity index (χ0) is 34.0. The van der Waals surface area contributed by atoms with Crippen molar-refractivity contribution in [3.05, 3.63) is 125 Å². The Bertz CT molecular complexity index is 1760. The molecule has 0 aromatic heterocycles. The molecule has 4 aromatic carbocycles. The number of amides is 2. The molecule has 0 saturated carbocycles. The van der Waals surface area contributed by atoms with Crippen molar-refractivity contribution in [2.45, 2.75) is 64.4 Å². The van der Waals surface area contributed by atoms with Crippen molar-refractivity contribution in [3.8, 4) is 5.75 Å². The molecule has 0 heterocycles. The standard InChI is InChI=1S/C38H45N3O5S/c1-6-7-23-39-38(43)35(25-31-14-9-8-10-15-31)40(26-32-16-12-11-13-30(32)4)37(42)27-41(34-24-29(3)19-22-36(34)46-5)47(44,45)33-20-17-28(2)18-21-33/h8-22,24,35H,6-7,23,25-27H2,1-5H3,(H,39,43)/t35-/m0/s1. The molecular weight excluding hydrogens is 611 g/mol. The van der Waals surface area contributed by atoms with Gasteiger partial charge in [-0.25, -0.2) is 8.42 Å². The topological polar surface area (TPSA) is 96.0 Å². The van der Waals surface area contributed by atoms with Gasteiger partial charge in [0.2, 0.25) is 11.8 Å². The van der Waals surface area contributed by atoms with Crippen LogP contribution in [0.4, 0.5) is 5.69 Å². The van der Waals surface area contributed by atoms with Gasteiger partial charge >= 0.3 is 0 Å². The summed E-state index contributed by atoms with van der Waals surface area (Å²) in [7, 11) is -2.78. The molecule has 248 valence electrons. The third-order valence-corrected chi connectivity index (χ3v) is 9.97. The molecule has 4 aromatic rings. The molecule has 0 aliphatic rings. The predicted octanol–water partition coefficient (Wildman–Crippen LogP) is 6.37. The second-order valence-electron chi connectivity index (χ2n) is 11.8. The number of benzene rings is 4. The summed E-state index contributed by atoms with van der Waals surface area (Å²) >= 11 is 0. The van der Waals surface area contributed by atoms with Crippen LogP contribution in [0.25, 0.3) is 0 Å². The summed E-state index contributed by atoms with van der Waals surface area (Å²) < 4.78 is 35.5. The lowest BCUT2D eigenvalue weighted by Gasteiger charge is -2.34. The van der Waals surface area contributed by atoms with Crippen molar-refractivity contribution in [3.63, 3.8) is 0 Å². The van der Waals surface area contributed by atoms with Crippen LogP contribution in [-0.2, 0) is 32.6 Å². The third-order valence-electron chi connectivity index (χ3n) is 8.19. The highest BCUT2D eigenvalue weighted by Crippen LogP contribution is 2.34. The fourth-order valence-corrected chi connectivity index (χ4v) is 6.79. The lowest BCUT2D eigenvalue weighted by molar-refractivity contribution is -0.140. The van der Waals surface area contributed by atoms with E-state index in [9.17, 15) is 18.0 Å². The number of nitrogens with one attached hydrogen (secondary N) is 1. The van der Waals surface area contributed by atoms with Crippen LogP contribution >= 0.6 is 0 Å². The lowest BCUT2D eigenvalue weighted by Crippen LogP contribution is -2.53. The van der Waals surface area contributed by atoms with E-state index in [1.165, 1.54) is 24.1 Å². The summed E-state index contributed by atoms with van der Waals surface area (Å²) in [6.07, 6.45) is 1.96. The lowest BCUT2D eigenvalue weighted by atomic mass is 10.0. The monoisotopic (exact) mass is 655 g/mol. The van der Waals surface area contributed by atoms with Crippen molar-refractivity contribution < 1.29 is 22.7 Å². The molecule has 2 amide bonds. The Kier molecular flexibility index (Phi) is 12.2. The first kappa shape index (κ1) is 35.2. The summed E-state index contributed by atoms with van der Waals surface area (Å²) in [5.74, 6) is -0.493. The van der Waals surface area contributed by atoms with Crippen molar-refractivity contribution >= 4 is 27.5 Å². The van der Waals surface area contributed by atoms with E-state index in [4.69, 9.17) is 4.74 Å². The third kappa shape index (κ3) is 9.01. The average Bonchev–Trinajstić information content (AvgIpc) is 3.06. The zero-order valence-electron chi connectivity index (χ0n) is 27.9. The molecule has 8 nitrogen and oxygen atoms in total. The number of unbranched alkanes of at least 4 members (excludes halogenated alkanes) is 1. The quantitative estimate of drug-likeness (QED) is 0.150. The highest BCUT2D eigenvalue weighted by molar-refractivity contribution is 7.92. The average molecular weight is 656 g/mol. The van der Waals surface area contributed by atoms with E-state index in [2.05, 4.69) is 5.32 Å². The van der Waals surface area contributed by atoms with E-state index in [0.717, 1.165) is 45.0 Å². The number of rotatable bonds is 15. The van der Waals surface area contributed by atoms with Gasteiger partial charge in [-0.3, -0.25) is 13.9 Å². The molecule has 0 aliphatic heterocycles. The number of hydrogen-bond donors (Lipinski definition) is 1. The maximum Gasteiger partial charge on any atom is 0.264 e. The van der Waals surface area contributed by atoms with Crippen molar-refractivity contribution in [1.29, 1.82) is 0 Å². The summed E-state index contributed by atoms with van der Waals surface area (Å²) in [6, 6.07) is 28.1. The predicted molar refractivity (Wildman–Crippen MR) is 187 cm³/mol. The molecule has 47 heavy (non-hydrogen) atoms. The summed E-state index contributed by atoms with van der Waals surface area (Å²) in [4.78, 5) is 30.2. The Morgan fingerprint density at radius 2 is 1.51 bits per heavy atom.